The van der Waals surface area contributed by atoms with Crippen molar-refractivity contribution in [1.29, 1.82) is 0 Å². The summed E-state index contributed by atoms with van der Waals surface area (Å²) in [5.41, 5.74) is 20.1. The number of nitrogens with one attached hydrogen (secondary N) is 2. The Bertz CT molecular complexity index is 1010. The van der Waals surface area contributed by atoms with Crippen LogP contribution in [0.3, 0.4) is 0 Å². The lowest BCUT2D eigenvalue weighted by Gasteiger charge is -2.22. The SMILES string of the molecule is CN(C)C=O.Cc1cccc(CNCCC(c2ccccc2)c2cc(N)nc(NN)c2N)c1. The van der Waals surface area contributed by atoms with Gasteiger partial charge < -0.3 is 27.1 Å². The molecule has 3 rings (SSSR count). The summed E-state index contributed by atoms with van der Waals surface area (Å²) >= 11 is 0. The zero-order chi connectivity index (χ0) is 24.2. The Morgan fingerprint density at radius 2 is 1.76 bits per heavy atom. The Morgan fingerprint density at radius 3 is 2.36 bits per heavy atom. The van der Waals surface area contributed by atoms with Gasteiger partial charge in [0, 0.05) is 26.6 Å². The van der Waals surface area contributed by atoms with E-state index >= 15 is 0 Å². The van der Waals surface area contributed by atoms with Gasteiger partial charge in [0.15, 0.2) is 5.82 Å². The number of rotatable bonds is 9. The second-order valence-electron chi connectivity index (χ2n) is 8.03. The number of nitrogens with zero attached hydrogens (tertiary/aromatic N) is 2. The molecule has 33 heavy (non-hydrogen) atoms. The van der Waals surface area contributed by atoms with Gasteiger partial charge in [0.2, 0.25) is 6.41 Å². The predicted molar refractivity (Wildman–Crippen MR) is 136 cm³/mol. The largest absolute Gasteiger partial charge is 0.395 e. The third kappa shape index (κ3) is 8.10. The second kappa shape index (κ2) is 13.0. The lowest BCUT2D eigenvalue weighted by Crippen LogP contribution is -2.19. The number of carbonyl (C=O) groups excluding carboxylic acids is 1. The third-order valence-corrected chi connectivity index (χ3v) is 5.06. The fourth-order valence-corrected chi connectivity index (χ4v) is 3.48. The maximum atomic E-state index is 9.43. The van der Waals surface area contributed by atoms with E-state index in [0.29, 0.717) is 17.3 Å². The summed E-state index contributed by atoms with van der Waals surface area (Å²) in [7, 11) is 3.38. The van der Waals surface area contributed by atoms with E-state index in [9.17, 15) is 4.79 Å². The zero-order valence-electron chi connectivity index (χ0n) is 19.6. The molecule has 0 saturated carbocycles. The number of pyridine rings is 1. The van der Waals surface area contributed by atoms with Crippen molar-refractivity contribution in [3.8, 4) is 0 Å². The summed E-state index contributed by atoms with van der Waals surface area (Å²) in [5, 5.41) is 3.53. The standard InChI is InChI=1S/C22H28N6.C3H7NO/c1-15-6-5-7-16(12-15)14-26-11-10-18(17-8-3-2-4-9-17)19-13-20(23)27-22(28-25)21(19)24;1-4(2)3-5/h2-9,12-13,18,26H,10-11,14,24-25H2,1H3,(H3,23,27,28);3H,1-2H3. The van der Waals surface area contributed by atoms with Gasteiger partial charge in [-0.15, -0.1) is 0 Å². The first-order valence-electron chi connectivity index (χ1n) is 10.8. The number of aryl methyl sites for hydroxylation is 1. The van der Waals surface area contributed by atoms with Gasteiger partial charge >= 0.3 is 0 Å². The average Bonchev–Trinajstić information content (AvgIpc) is 2.81. The van der Waals surface area contributed by atoms with Gasteiger partial charge in [0.1, 0.15) is 5.82 Å². The minimum Gasteiger partial charge on any atom is -0.395 e. The van der Waals surface area contributed by atoms with Crippen LogP contribution in [-0.4, -0.2) is 36.9 Å². The van der Waals surface area contributed by atoms with Crippen LogP contribution in [-0.2, 0) is 11.3 Å². The summed E-state index contributed by atoms with van der Waals surface area (Å²) < 4.78 is 0. The van der Waals surface area contributed by atoms with Gasteiger partial charge in [0.25, 0.3) is 0 Å². The molecule has 8 N–H and O–H groups in total. The van der Waals surface area contributed by atoms with E-state index in [1.807, 2.05) is 24.3 Å². The molecule has 0 spiro atoms. The van der Waals surface area contributed by atoms with Crippen LogP contribution in [0.1, 0.15) is 34.6 Å². The van der Waals surface area contributed by atoms with Crippen LogP contribution < -0.4 is 28.1 Å². The lowest BCUT2D eigenvalue weighted by atomic mass is 9.87. The molecule has 0 aliphatic rings. The molecule has 0 aliphatic carbocycles. The van der Waals surface area contributed by atoms with Crippen molar-refractivity contribution in [2.24, 2.45) is 5.84 Å². The van der Waals surface area contributed by atoms with Gasteiger partial charge in [-0.05, 0) is 42.6 Å². The van der Waals surface area contributed by atoms with Crippen LogP contribution in [0.25, 0.3) is 0 Å². The molecular formula is C25H35N7O. The monoisotopic (exact) mass is 449 g/mol. The van der Waals surface area contributed by atoms with Crippen LogP contribution in [0.5, 0.6) is 0 Å². The van der Waals surface area contributed by atoms with E-state index in [1.54, 1.807) is 14.1 Å². The maximum Gasteiger partial charge on any atom is 0.209 e. The zero-order valence-corrected chi connectivity index (χ0v) is 19.6. The Hall–Kier alpha value is -3.62. The molecule has 0 aliphatic heterocycles. The van der Waals surface area contributed by atoms with Crippen molar-refractivity contribution >= 4 is 23.7 Å². The van der Waals surface area contributed by atoms with Gasteiger partial charge in [-0.1, -0.05) is 60.2 Å². The number of anilines is 3. The van der Waals surface area contributed by atoms with E-state index < -0.39 is 0 Å². The third-order valence-electron chi connectivity index (χ3n) is 5.06. The van der Waals surface area contributed by atoms with Crippen molar-refractivity contribution in [2.75, 3.05) is 37.5 Å². The van der Waals surface area contributed by atoms with Crippen molar-refractivity contribution in [1.82, 2.24) is 15.2 Å². The highest BCUT2D eigenvalue weighted by molar-refractivity contribution is 5.70. The van der Waals surface area contributed by atoms with Crippen molar-refractivity contribution < 1.29 is 4.79 Å². The number of aromatic nitrogens is 1. The number of nitrogen functional groups attached to an aromatic ring is 3. The van der Waals surface area contributed by atoms with Crippen LogP contribution in [0.2, 0.25) is 0 Å². The number of hydrogen-bond donors (Lipinski definition) is 5. The molecule has 0 radical (unpaired) electrons. The molecule has 1 atom stereocenters. The maximum absolute atomic E-state index is 9.43. The van der Waals surface area contributed by atoms with Crippen molar-refractivity contribution in [3.05, 3.63) is 82.9 Å². The average molecular weight is 450 g/mol. The molecule has 2 aromatic carbocycles. The number of benzene rings is 2. The molecule has 0 bridgehead atoms. The Balaban J connectivity index is 0.000000696. The first kappa shape index (κ1) is 25.6. The summed E-state index contributed by atoms with van der Waals surface area (Å²) in [6.07, 6.45) is 1.62. The van der Waals surface area contributed by atoms with Crippen LogP contribution in [0.15, 0.2) is 60.7 Å². The highest BCUT2D eigenvalue weighted by Gasteiger charge is 2.19. The molecular weight excluding hydrogens is 414 g/mol. The van der Waals surface area contributed by atoms with E-state index in [1.165, 1.54) is 21.6 Å². The minimum atomic E-state index is 0.0867. The van der Waals surface area contributed by atoms with Gasteiger partial charge in [-0.2, -0.15) is 0 Å². The first-order valence-corrected chi connectivity index (χ1v) is 10.8. The van der Waals surface area contributed by atoms with Crippen LogP contribution >= 0.6 is 0 Å². The number of hydrogen-bond acceptors (Lipinski definition) is 7. The van der Waals surface area contributed by atoms with E-state index in [0.717, 1.165) is 31.5 Å². The molecule has 0 fully saturated rings. The first-order chi connectivity index (χ1) is 15.8. The number of carbonyl (C=O) groups is 1. The topological polar surface area (TPSA) is 135 Å². The number of amides is 1. The Kier molecular flexibility index (Phi) is 10.1. The predicted octanol–water partition coefficient (Wildman–Crippen LogP) is 2.86. The fraction of sp³-hybridized carbons (Fsp3) is 0.280. The normalized spacial score (nSPS) is 11.2. The molecule has 176 valence electrons. The second-order valence-corrected chi connectivity index (χ2v) is 8.03. The van der Waals surface area contributed by atoms with E-state index in [2.05, 4.69) is 59.0 Å². The van der Waals surface area contributed by atoms with Gasteiger partial charge in [-0.3, -0.25) is 4.79 Å². The van der Waals surface area contributed by atoms with E-state index in [-0.39, 0.29) is 5.92 Å². The van der Waals surface area contributed by atoms with Crippen LogP contribution in [0.4, 0.5) is 17.3 Å². The lowest BCUT2D eigenvalue weighted by molar-refractivity contribution is -0.115. The Labute approximate surface area is 196 Å². The quantitative estimate of drug-likeness (QED) is 0.147. The number of nitrogens with two attached hydrogens (primary N) is 3. The van der Waals surface area contributed by atoms with Crippen molar-refractivity contribution in [2.45, 2.75) is 25.8 Å². The summed E-state index contributed by atoms with van der Waals surface area (Å²) in [4.78, 5) is 15.0. The minimum absolute atomic E-state index is 0.0867. The molecule has 1 aromatic heterocycles. The molecule has 1 heterocycles. The summed E-state index contributed by atoms with van der Waals surface area (Å²) in [6.45, 7) is 3.77. The van der Waals surface area contributed by atoms with Crippen LogP contribution in [0, 0.1) is 6.92 Å². The highest BCUT2D eigenvalue weighted by Crippen LogP contribution is 2.35. The molecule has 3 aromatic rings. The molecule has 8 heteroatoms. The molecule has 8 nitrogen and oxygen atoms in total. The highest BCUT2D eigenvalue weighted by atomic mass is 16.1. The van der Waals surface area contributed by atoms with Gasteiger partial charge in [-0.25, -0.2) is 10.8 Å². The van der Waals surface area contributed by atoms with E-state index in [4.69, 9.17) is 17.3 Å². The Morgan fingerprint density at radius 1 is 1.06 bits per heavy atom. The van der Waals surface area contributed by atoms with Gasteiger partial charge in [0.05, 0.1) is 5.69 Å². The fourth-order valence-electron chi connectivity index (χ4n) is 3.48. The smallest absolute Gasteiger partial charge is 0.209 e. The van der Waals surface area contributed by atoms with Crippen molar-refractivity contribution in [3.63, 3.8) is 0 Å². The number of hydrazine groups is 1. The summed E-state index contributed by atoms with van der Waals surface area (Å²) in [5.74, 6) is 6.45. The molecule has 1 amide bonds. The molecule has 0 saturated heterocycles. The summed E-state index contributed by atoms with van der Waals surface area (Å²) in [6, 6.07) is 20.7. The molecule has 1 unspecified atom stereocenters.